The first-order valence-corrected chi connectivity index (χ1v) is 5.23. The van der Waals surface area contributed by atoms with Crippen LogP contribution in [0.15, 0.2) is 24.3 Å². The molecule has 0 aromatic heterocycles. The lowest BCUT2D eigenvalue weighted by Gasteiger charge is -2.27. The molecule has 0 radical (unpaired) electrons. The van der Waals surface area contributed by atoms with Gasteiger partial charge in [-0.15, -0.1) is 0 Å². The first-order chi connectivity index (χ1) is 7.76. The zero-order valence-electron chi connectivity index (χ0n) is 10.4. The normalized spacial score (nSPS) is 11.1. The molecule has 0 saturated carbocycles. The molecule has 0 saturated heterocycles. The molecule has 0 bridgehead atoms. The van der Waals surface area contributed by atoms with E-state index < -0.39 is 10.3 Å². The van der Waals surface area contributed by atoms with Crippen LogP contribution in [-0.4, -0.2) is 29.8 Å². The number of non-ortho nitro benzene ring substituents is 1. The number of hydrogen-bond donors (Lipinski definition) is 0. The number of carbonyl (C=O) groups excluding carboxylic acids is 1. The average molecular weight is 236 g/mol. The predicted octanol–water partition coefficient (Wildman–Crippen LogP) is 1.96. The van der Waals surface area contributed by atoms with Gasteiger partial charge in [-0.05, 0) is 19.4 Å². The number of nitro benzene ring substituents is 1. The van der Waals surface area contributed by atoms with Crippen molar-refractivity contribution < 1.29 is 9.72 Å². The van der Waals surface area contributed by atoms with E-state index in [-0.39, 0.29) is 11.6 Å². The summed E-state index contributed by atoms with van der Waals surface area (Å²) in [5, 5.41) is 10.5. The number of nitrogens with zero attached hydrogens (tertiary/aromatic N) is 2. The molecule has 0 heterocycles. The number of nitro groups is 1. The molecular formula is C12H16N2O3. The lowest BCUT2D eigenvalue weighted by atomic mass is 9.83. The van der Waals surface area contributed by atoms with Crippen molar-refractivity contribution in [2.75, 3.05) is 14.1 Å². The van der Waals surface area contributed by atoms with Crippen LogP contribution in [0.2, 0.25) is 0 Å². The van der Waals surface area contributed by atoms with Gasteiger partial charge < -0.3 is 4.90 Å². The lowest BCUT2D eigenvalue weighted by Crippen LogP contribution is -2.39. The van der Waals surface area contributed by atoms with Crippen molar-refractivity contribution in [3.63, 3.8) is 0 Å². The second kappa shape index (κ2) is 4.53. The van der Waals surface area contributed by atoms with E-state index in [1.165, 1.54) is 17.0 Å². The molecule has 0 N–H and O–H groups in total. The van der Waals surface area contributed by atoms with Gasteiger partial charge in [0.2, 0.25) is 5.91 Å². The van der Waals surface area contributed by atoms with E-state index in [1.807, 2.05) is 0 Å². The van der Waals surface area contributed by atoms with Crippen molar-refractivity contribution in [1.29, 1.82) is 0 Å². The molecule has 0 spiro atoms. The third kappa shape index (κ3) is 2.61. The van der Waals surface area contributed by atoms with Crippen LogP contribution in [0.5, 0.6) is 0 Å². The quantitative estimate of drug-likeness (QED) is 0.595. The first-order valence-electron chi connectivity index (χ1n) is 5.23. The summed E-state index contributed by atoms with van der Waals surface area (Å²) < 4.78 is 0. The largest absolute Gasteiger partial charge is 0.348 e. The van der Waals surface area contributed by atoms with E-state index in [0.29, 0.717) is 0 Å². The molecule has 0 aliphatic heterocycles. The Morgan fingerprint density at radius 3 is 2.06 bits per heavy atom. The van der Waals surface area contributed by atoms with Crippen LogP contribution in [0.4, 0.5) is 5.69 Å². The standard InChI is InChI=1S/C12H16N2O3/c1-12(2,11(15)13(3)4)9-5-7-10(8-6-9)14(16)17/h5-8H,1-4H3. The van der Waals surface area contributed by atoms with E-state index in [9.17, 15) is 14.9 Å². The van der Waals surface area contributed by atoms with Gasteiger partial charge in [0.1, 0.15) is 0 Å². The Morgan fingerprint density at radius 2 is 1.71 bits per heavy atom. The van der Waals surface area contributed by atoms with Crippen LogP contribution >= 0.6 is 0 Å². The molecule has 0 unspecified atom stereocenters. The van der Waals surface area contributed by atoms with E-state index in [2.05, 4.69) is 0 Å². The summed E-state index contributed by atoms with van der Waals surface area (Å²) in [5.41, 5.74) is 0.113. The highest BCUT2D eigenvalue weighted by atomic mass is 16.6. The zero-order chi connectivity index (χ0) is 13.2. The maximum Gasteiger partial charge on any atom is 0.269 e. The fourth-order valence-corrected chi connectivity index (χ4v) is 1.68. The zero-order valence-corrected chi connectivity index (χ0v) is 10.4. The monoisotopic (exact) mass is 236 g/mol. The Balaban J connectivity index is 3.08. The molecule has 5 nitrogen and oxygen atoms in total. The Morgan fingerprint density at radius 1 is 1.24 bits per heavy atom. The van der Waals surface area contributed by atoms with E-state index in [4.69, 9.17) is 0 Å². The van der Waals surface area contributed by atoms with Gasteiger partial charge in [0.15, 0.2) is 0 Å². The number of amides is 1. The van der Waals surface area contributed by atoms with Crippen LogP contribution < -0.4 is 0 Å². The van der Waals surface area contributed by atoms with E-state index in [1.54, 1.807) is 40.1 Å². The maximum absolute atomic E-state index is 12.0. The van der Waals surface area contributed by atoms with Gasteiger partial charge >= 0.3 is 0 Å². The average Bonchev–Trinajstić information content (AvgIpc) is 2.27. The van der Waals surface area contributed by atoms with Crippen LogP contribution in [0.3, 0.4) is 0 Å². The summed E-state index contributed by atoms with van der Waals surface area (Å²) >= 11 is 0. The van der Waals surface area contributed by atoms with Crippen molar-refractivity contribution in [2.45, 2.75) is 19.3 Å². The summed E-state index contributed by atoms with van der Waals surface area (Å²) in [7, 11) is 3.38. The molecule has 5 heteroatoms. The van der Waals surface area contributed by atoms with Crippen LogP contribution in [0, 0.1) is 10.1 Å². The maximum atomic E-state index is 12.0. The molecular weight excluding hydrogens is 220 g/mol. The molecule has 0 aliphatic rings. The molecule has 1 aromatic carbocycles. The molecule has 1 aromatic rings. The van der Waals surface area contributed by atoms with Crippen LogP contribution in [0.25, 0.3) is 0 Å². The van der Waals surface area contributed by atoms with Gasteiger partial charge in [-0.1, -0.05) is 12.1 Å². The van der Waals surface area contributed by atoms with Crippen LogP contribution in [0.1, 0.15) is 19.4 Å². The predicted molar refractivity (Wildman–Crippen MR) is 64.8 cm³/mol. The number of hydrogen-bond acceptors (Lipinski definition) is 3. The van der Waals surface area contributed by atoms with Crippen molar-refractivity contribution in [3.8, 4) is 0 Å². The highest BCUT2D eigenvalue weighted by Crippen LogP contribution is 2.26. The highest BCUT2D eigenvalue weighted by molar-refractivity contribution is 5.87. The van der Waals surface area contributed by atoms with Gasteiger partial charge in [-0.25, -0.2) is 0 Å². The minimum Gasteiger partial charge on any atom is -0.348 e. The Labute approximate surface area is 100 Å². The SMILES string of the molecule is CN(C)C(=O)C(C)(C)c1ccc([N+](=O)[O-])cc1. The van der Waals surface area contributed by atoms with Gasteiger partial charge in [0, 0.05) is 26.2 Å². The molecule has 1 amide bonds. The van der Waals surface area contributed by atoms with E-state index in [0.717, 1.165) is 5.56 Å². The summed E-state index contributed by atoms with van der Waals surface area (Å²) in [6, 6.07) is 6.08. The Bertz CT molecular complexity index is 436. The minimum absolute atomic E-state index is 0.0295. The Hall–Kier alpha value is -1.91. The Kier molecular flexibility index (Phi) is 3.50. The summed E-state index contributed by atoms with van der Waals surface area (Å²) in [6.07, 6.45) is 0. The number of rotatable bonds is 3. The van der Waals surface area contributed by atoms with E-state index >= 15 is 0 Å². The second-order valence-corrected chi connectivity index (χ2v) is 4.63. The first kappa shape index (κ1) is 13.2. The molecule has 1 rings (SSSR count). The number of likely N-dealkylation sites (N-methyl/N-ethyl adjacent to an activating group) is 1. The summed E-state index contributed by atoms with van der Waals surface area (Å²) in [6.45, 7) is 3.60. The fourth-order valence-electron chi connectivity index (χ4n) is 1.68. The van der Waals surface area contributed by atoms with Gasteiger partial charge in [-0.2, -0.15) is 0 Å². The molecule has 92 valence electrons. The second-order valence-electron chi connectivity index (χ2n) is 4.63. The third-order valence-corrected chi connectivity index (χ3v) is 2.74. The number of benzene rings is 1. The van der Waals surface area contributed by atoms with Gasteiger partial charge in [0.25, 0.3) is 5.69 Å². The van der Waals surface area contributed by atoms with Crippen molar-refractivity contribution in [3.05, 3.63) is 39.9 Å². The molecule has 0 aliphatic carbocycles. The summed E-state index contributed by atoms with van der Waals surface area (Å²) in [4.78, 5) is 23.6. The summed E-state index contributed by atoms with van der Waals surface area (Å²) in [5.74, 6) is -0.0358. The van der Waals surface area contributed by atoms with Crippen LogP contribution in [-0.2, 0) is 10.2 Å². The van der Waals surface area contributed by atoms with Crippen molar-refractivity contribution >= 4 is 11.6 Å². The molecule has 17 heavy (non-hydrogen) atoms. The lowest BCUT2D eigenvalue weighted by molar-refractivity contribution is -0.384. The highest BCUT2D eigenvalue weighted by Gasteiger charge is 2.31. The van der Waals surface area contributed by atoms with Crippen molar-refractivity contribution in [2.24, 2.45) is 0 Å². The molecule has 0 atom stereocenters. The number of carbonyl (C=O) groups is 1. The molecule has 0 fully saturated rings. The topological polar surface area (TPSA) is 63.5 Å². The fraction of sp³-hybridized carbons (Fsp3) is 0.417. The van der Waals surface area contributed by atoms with Gasteiger partial charge in [-0.3, -0.25) is 14.9 Å². The minimum atomic E-state index is -0.682. The third-order valence-electron chi connectivity index (χ3n) is 2.74. The van der Waals surface area contributed by atoms with Gasteiger partial charge in [0.05, 0.1) is 10.3 Å². The van der Waals surface area contributed by atoms with Crippen molar-refractivity contribution in [1.82, 2.24) is 4.90 Å². The smallest absolute Gasteiger partial charge is 0.269 e.